The Bertz CT molecular complexity index is 547. The lowest BCUT2D eigenvalue weighted by Gasteiger charge is -2.16. The molecule has 0 bridgehead atoms. The summed E-state index contributed by atoms with van der Waals surface area (Å²) >= 11 is 0. The van der Waals surface area contributed by atoms with E-state index in [0.29, 0.717) is 32.6 Å². The van der Waals surface area contributed by atoms with Crippen molar-refractivity contribution < 1.29 is 18.3 Å². The van der Waals surface area contributed by atoms with E-state index in [1.807, 2.05) is 38.1 Å². The molecule has 1 aromatic rings. The molecule has 134 valence electrons. The Balaban J connectivity index is 2.10. The molecule has 1 aromatic carbocycles. The highest BCUT2D eigenvalue weighted by atomic mass is 31.2. The minimum Gasteiger partial charge on any atom is -0.369 e. The van der Waals surface area contributed by atoms with Gasteiger partial charge in [-0.2, -0.15) is 0 Å². The SMILES string of the molecule is CCOP(=O)(CCCCCOCC#Cc1ccc(C)cc1)OCC. The summed E-state index contributed by atoms with van der Waals surface area (Å²) < 4.78 is 28.3. The third-order valence-electron chi connectivity index (χ3n) is 3.33. The molecule has 0 amide bonds. The topological polar surface area (TPSA) is 44.8 Å². The molecule has 0 saturated heterocycles. The molecule has 4 nitrogen and oxygen atoms in total. The number of hydrogen-bond acceptors (Lipinski definition) is 4. The van der Waals surface area contributed by atoms with Gasteiger partial charge in [-0.15, -0.1) is 0 Å². The number of aryl methyl sites for hydroxylation is 1. The predicted octanol–water partition coefficient (Wildman–Crippen LogP) is 4.80. The minimum absolute atomic E-state index is 0.417. The maximum atomic E-state index is 12.2. The van der Waals surface area contributed by atoms with Crippen LogP contribution in [0.4, 0.5) is 0 Å². The van der Waals surface area contributed by atoms with Crippen LogP contribution in [0, 0.1) is 18.8 Å². The van der Waals surface area contributed by atoms with Gasteiger partial charge in [-0.25, -0.2) is 0 Å². The second-order valence-corrected chi connectivity index (χ2v) is 7.64. The molecule has 24 heavy (non-hydrogen) atoms. The molecule has 0 saturated carbocycles. The average Bonchev–Trinajstić information content (AvgIpc) is 2.55. The fourth-order valence-electron chi connectivity index (χ4n) is 2.14. The van der Waals surface area contributed by atoms with Crippen molar-refractivity contribution in [3.8, 4) is 11.8 Å². The van der Waals surface area contributed by atoms with E-state index >= 15 is 0 Å². The Morgan fingerprint density at radius 1 is 1.00 bits per heavy atom. The Kier molecular flexibility index (Phi) is 10.7. The number of unbranched alkanes of at least 4 members (excludes halogenated alkanes) is 2. The minimum atomic E-state index is -2.89. The predicted molar refractivity (Wildman–Crippen MR) is 98.5 cm³/mol. The van der Waals surface area contributed by atoms with E-state index in [2.05, 4.69) is 18.8 Å². The molecule has 0 aliphatic rings. The van der Waals surface area contributed by atoms with Crippen LogP contribution in [0.5, 0.6) is 0 Å². The van der Waals surface area contributed by atoms with Crippen molar-refractivity contribution in [3.63, 3.8) is 0 Å². The molecule has 5 heteroatoms. The van der Waals surface area contributed by atoms with Crippen molar-refractivity contribution in [1.29, 1.82) is 0 Å². The molecular weight excluding hydrogens is 323 g/mol. The van der Waals surface area contributed by atoms with Crippen molar-refractivity contribution in [2.24, 2.45) is 0 Å². The summed E-state index contributed by atoms with van der Waals surface area (Å²) in [5.74, 6) is 6.09. The average molecular weight is 352 g/mol. The van der Waals surface area contributed by atoms with Crippen LogP contribution in [0.25, 0.3) is 0 Å². The van der Waals surface area contributed by atoms with E-state index in [9.17, 15) is 4.57 Å². The van der Waals surface area contributed by atoms with Gasteiger partial charge in [-0.1, -0.05) is 36.0 Å². The molecule has 0 fully saturated rings. The monoisotopic (exact) mass is 352 g/mol. The largest absolute Gasteiger partial charge is 0.369 e. The number of ether oxygens (including phenoxy) is 1. The number of benzene rings is 1. The summed E-state index contributed by atoms with van der Waals surface area (Å²) in [6.07, 6.45) is 3.15. The van der Waals surface area contributed by atoms with E-state index in [-0.39, 0.29) is 0 Å². The second kappa shape index (κ2) is 12.3. The maximum absolute atomic E-state index is 12.2. The van der Waals surface area contributed by atoms with Gasteiger partial charge in [0.2, 0.25) is 0 Å². The lowest BCUT2D eigenvalue weighted by molar-refractivity contribution is 0.162. The van der Waals surface area contributed by atoms with Gasteiger partial charge >= 0.3 is 7.60 Å². The van der Waals surface area contributed by atoms with Crippen LogP contribution in [0.1, 0.15) is 44.2 Å². The molecule has 0 aliphatic heterocycles. The van der Waals surface area contributed by atoms with Gasteiger partial charge in [0, 0.05) is 12.2 Å². The van der Waals surface area contributed by atoms with Crippen molar-refractivity contribution in [3.05, 3.63) is 35.4 Å². The first-order chi connectivity index (χ1) is 11.6. The van der Waals surface area contributed by atoms with Crippen LogP contribution in [-0.2, 0) is 18.3 Å². The highest BCUT2D eigenvalue weighted by molar-refractivity contribution is 7.53. The van der Waals surface area contributed by atoms with Gasteiger partial charge in [0.25, 0.3) is 0 Å². The van der Waals surface area contributed by atoms with E-state index in [1.165, 1.54) is 5.56 Å². The van der Waals surface area contributed by atoms with E-state index in [4.69, 9.17) is 13.8 Å². The quantitative estimate of drug-likeness (QED) is 0.326. The van der Waals surface area contributed by atoms with Crippen LogP contribution in [0.15, 0.2) is 24.3 Å². The summed E-state index contributed by atoms with van der Waals surface area (Å²) in [5, 5.41) is 0. The van der Waals surface area contributed by atoms with Gasteiger partial charge in [-0.05, 0) is 45.7 Å². The highest BCUT2D eigenvalue weighted by Crippen LogP contribution is 2.48. The van der Waals surface area contributed by atoms with Crippen molar-refractivity contribution in [2.45, 2.75) is 40.0 Å². The molecule has 0 aromatic heterocycles. The second-order valence-electron chi connectivity index (χ2n) is 5.45. The van der Waals surface area contributed by atoms with Crippen LogP contribution < -0.4 is 0 Å². The molecule has 0 spiro atoms. The summed E-state index contributed by atoms with van der Waals surface area (Å²) in [4.78, 5) is 0. The molecule has 0 aliphatic carbocycles. The molecule has 0 unspecified atom stereocenters. The molecule has 0 N–H and O–H groups in total. The lowest BCUT2D eigenvalue weighted by atomic mass is 10.2. The summed E-state index contributed by atoms with van der Waals surface area (Å²) in [6, 6.07) is 8.12. The zero-order valence-electron chi connectivity index (χ0n) is 15.0. The van der Waals surface area contributed by atoms with Gasteiger partial charge in [0.15, 0.2) is 0 Å². The smallest absolute Gasteiger partial charge is 0.330 e. The van der Waals surface area contributed by atoms with E-state index in [0.717, 1.165) is 24.8 Å². The zero-order chi connectivity index (χ0) is 17.7. The van der Waals surface area contributed by atoms with Crippen LogP contribution in [0.2, 0.25) is 0 Å². The standard InChI is InChI=1S/C19H29O4P/c1-4-22-24(20,23-5-2)17-8-6-7-15-21-16-9-10-19-13-11-18(3)12-14-19/h11-14H,4-8,15-17H2,1-3H3. The Labute approximate surface area is 146 Å². The van der Waals surface area contributed by atoms with Gasteiger partial charge in [0.05, 0.1) is 19.4 Å². The molecule has 0 heterocycles. The number of rotatable bonds is 11. The normalized spacial score (nSPS) is 11.1. The third-order valence-corrected chi connectivity index (χ3v) is 5.50. The van der Waals surface area contributed by atoms with Crippen LogP contribution in [-0.4, -0.2) is 32.6 Å². The van der Waals surface area contributed by atoms with Crippen LogP contribution in [0.3, 0.4) is 0 Å². The van der Waals surface area contributed by atoms with Crippen molar-refractivity contribution in [2.75, 3.05) is 32.6 Å². The van der Waals surface area contributed by atoms with E-state index < -0.39 is 7.60 Å². The zero-order valence-corrected chi connectivity index (χ0v) is 15.9. The Hall–Kier alpha value is -1.11. The van der Waals surface area contributed by atoms with Gasteiger partial charge in [-0.3, -0.25) is 4.57 Å². The maximum Gasteiger partial charge on any atom is 0.330 e. The molecular formula is C19H29O4P. The third kappa shape index (κ3) is 9.25. The summed E-state index contributed by atoms with van der Waals surface area (Å²) in [7, 11) is -2.89. The summed E-state index contributed by atoms with van der Waals surface area (Å²) in [6.45, 7) is 7.65. The number of hydrogen-bond donors (Lipinski definition) is 0. The highest BCUT2D eigenvalue weighted by Gasteiger charge is 2.22. The lowest BCUT2D eigenvalue weighted by Crippen LogP contribution is -2.01. The van der Waals surface area contributed by atoms with Gasteiger partial charge < -0.3 is 13.8 Å². The van der Waals surface area contributed by atoms with Crippen molar-refractivity contribution >= 4 is 7.60 Å². The van der Waals surface area contributed by atoms with Crippen molar-refractivity contribution in [1.82, 2.24) is 0 Å². The fourth-order valence-corrected chi connectivity index (χ4v) is 3.87. The Morgan fingerprint density at radius 3 is 2.29 bits per heavy atom. The Morgan fingerprint density at radius 2 is 1.67 bits per heavy atom. The first-order valence-electron chi connectivity index (χ1n) is 8.61. The first kappa shape index (κ1) is 20.9. The summed E-state index contributed by atoms with van der Waals surface area (Å²) in [5.41, 5.74) is 2.24. The van der Waals surface area contributed by atoms with Crippen LogP contribution >= 0.6 is 7.60 Å². The van der Waals surface area contributed by atoms with E-state index in [1.54, 1.807) is 0 Å². The molecule has 0 atom stereocenters. The van der Waals surface area contributed by atoms with Gasteiger partial charge in [0.1, 0.15) is 6.61 Å². The molecule has 0 radical (unpaired) electrons. The fraction of sp³-hybridized carbons (Fsp3) is 0.579. The molecule has 1 rings (SSSR count). The first-order valence-corrected chi connectivity index (χ1v) is 10.3.